The number of primary amides is 1. The van der Waals surface area contributed by atoms with Crippen molar-refractivity contribution in [3.05, 3.63) is 82.9 Å². The van der Waals surface area contributed by atoms with E-state index in [4.69, 9.17) is 22.1 Å². The summed E-state index contributed by atoms with van der Waals surface area (Å²) < 4.78 is 18.5. The van der Waals surface area contributed by atoms with Gasteiger partial charge in [-0.25, -0.2) is 9.18 Å². The first-order valence-electron chi connectivity index (χ1n) is 8.88. The highest BCUT2D eigenvalue weighted by atomic mass is 35.5. The molecule has 0 fully saturated rings. The van der Waals surface area contributed by atoms with E-state index >= 15 is 0 Å². The van der Waals surface area contributed by atoms with Crippen molar-refractivity contribution in [2.45, 2.75) is 6.42 Å². The van der Waals surface area contributed by atoms with Gasteiger partial charge in [0.05, 0.1) is 17.1 Å². The number of carbonyl (C=O) groups is 3. The molecule has 3 rings (SSSR count). The highest BCUT2D eigenvalue weighted by Crippen LogP contribution is 2.29. The van der Waals surface area contributed by atoms with Gasteiger partial charge in [-0.1, -0.05) is 23.7 Å². The number of anilines is 1. The zero-order valence-corrected chi connectivity index (χ0v) is 16.7. The molecule has 0 atom stereocenters. The molecule has 2 aromatic carbocycles. The van der Waals surface area contributed by atoms with E-state index in [0.29, 0.717) is 17.1 Å². The largest absolute Gasteiger partial charge is 0.457 e. The molecule has 3 aromatic rings. The molecule has 4 amide bonds. The lowest BCUT2D eigenvalue weighted by atomic mass is 10.1. The van der Waals surface area contributed by atoms with E-state index < -0.39 is 23.7 Å². The molecule has 31 heavy (non-hydrogen) atoms. The zero-order valence-electron chi connectivity index (χ0n) is 15.9. The third-order valence-electron chi connectivity index (χ3n) is 3.94. The Morgan fingerprint density at radius 3 is 2.42 bits per heavy atom. The number of pyridine rings is 1. The highest BCUT2D eigenvalue weighted by molar-refractivity contribution is 6.33. The second-order valence-corrected chi connectivity index (χ2v) is 6.70. The van der Waals surface area contributed by atoms with E-state index in [9.17, 15) is 18.8 Å². The van der Waals surface area contributed by atoms with Crippen molar-refractivity contribution in [1.29, 1.82) is 0 Å². The van der Waals surface area contributed by atoms with Crippen LogP contribution in [0.1, 0.15) is 16.1 Å². The number of nitrogens with two attached hydrogens (primary N) is 1. The van der Waals surface area contributed by atoms with Crippen LogP contribution in [0.25, 0.3) is 0 Å². The summed E-state index contributed by atoms with van der Waals surface area (Å²) in [4.78, 5) is 39.0. The van der Waals surface area contributed by atoms with Crippen molar-refractivity contribution < 1.29 is 23.5 Å². The summed E-state index contributed by atoms with van der Waals surface area (Å²) in [6.45, 7) is 0. The molecule has 0 aliphatic rings. The van der Waals surface area contributed by atoms with E-state index in [1.807, 2.05) is 0 Å². The molecule has 0 bridgehead atoms. The molecular weight excluding hydrogens is 427 g/mol. The molecule has 4 N–H and O–H groups in total. The van der Waals surface area contributed by atoms with Gasteiger partial charge in [0.15, 0.2) is 0 Å². The third kappa shape index (κ3) is 6.25. The smallest absolute Gasteiger partial charge is 0.325 e. The van der Waals surface area contributed by atoms with Crippen LogP contribution in [-0.2, 0) is 11.2 Å². The zero-order chi connectivity index (χ0) is 22.4. The van der Waals surface area contributed by atoms with Gasteiger partial charge in [-0.15, -0.1) is 0 Å². The summed E-state index contributed by atoms with van der Waals surface area (Å²) >= 11 is 6.17. The normalized spacial score (nSPS) is 10.3. The number of halogens is 2. The van der Waals surface area contributed by atoms with Crippen LogP contribution in [0.15, 0.2) is 60.8 Å². The second-order valence-electron chi connectivity index (χ2n) is 6.29. The van der Waals surface area contributed by atoms with Crippen molar-refractivity contribution in [1.82, 2.24) is 10.3 Å². The molecule has 0 unspecified atom stereocenters. The van der Waals surface area contributed by atoms with Crippen LogP contribution < -0.4 is 21.1 Å². The number of nitrogens with one attached hydrogen (secondary N) is 2. The van der Waals surface area contributed by atoms with Gasteiger partial charge in [0.1, 0.15) is 23.0 Å². The fraction of sp³-hybridized carbons (Fsp3) is 0.0476. The Kier molecular flexibility index (Phi) is 6.78. The molecule has 10 heteroatoms. The number of amides is 4. The van der Waals surface area contributed by atoms with Crippen LogP contribution in [-0.4, -0.2) is 22.8 Å². The Bertz CT molecular complexity index is 1140. The highest BCUT2D eigenvalue weighted by Gasteiger charge is 2.12. The van der Waals surface area contributed by atoms with Crippen LogP contribution in [0.3, 0.4) is 0 Å². The van der Waals surface area contributed by atoms with Crippen molar-refractivity contribution in [2.24, 2.45) is 5.73 Å². The van der Waals surface area contributed by atoms with Crippen LogP contribution in [0, 0.1) is 5.82 Å². The fourth-order valence-corrected chi connectivity index (χ4v) is 2.74. The van der Waals surface area contributed by atoms with Crippen molar-refractivity contribution in [3.63, 3.8) is 0 Å². The Labute approximate surface area is 181 Å². The predicted molar refractivity (Wildman–Crippen MR) is 112 cm³/mol. The maximum atomic E-state index is 12.9. The van der Waals surface area contributed by atoms with E-state index in [1.165, 1.54) is 60.8 Å². The number of rotatable bonds is 6. The lowest BCUT2D eigenvalue weighted by Gasteiger charge is -2.11. The summed E-state index contributed by atoms with van der Waals surface area (Å²) in [5.74, 6) is -1.01. The number of urea groups is 1. The Balaban J connectivity index is 1.58. The quantitative estimate of drug-likeness (QED) is 0.537. The summed E-state index contributed by atoms with van der Waals surface area (Å²) in [6, 6.07) is 12.0. The minimum atomic E-state index is -0.775. The Morgan fingerprint density at radius 1 is 1.03 bits per heavy atom. The van der Waals surface area contributed by atoms with Crippen LogP contribution in [0.2, 0.25) is 5.02 Å². The molecule has 0 radical (unpaired) electrons. The van der Waals surface area contributed by atoms with Crippen molar-refractivity contribution in [2.75, 3.05) is 5.32 Å². The van der Waals surface area contributed by atoms with Crippen LogP contribution >= 0.6 is 11.6 Å². The monoisotopic (exact) mass is 442 g/mol. The molecule has 0 spiro atoms. The van der Waals surface area contributed by atoms with Crippen molar-refractivity contribution >= 4 is 35.1 Å². The number of benzene rings is 2. The number of nitrogens with zero attached hydrogens (tertiary/aromatic N) is 1. The number of imide groups is 1. The predicted octanol–water partition coefficient (Wildman–Crippen LogP) is 3.66. The summed E-state index contributed by atoms with van der Waals surface area (Å²) in [7, 11) is 0. The average molecular weight is 443 g/mol. The topological polar surface area (TPSA) is 123 Å². The van der Waals surface area contributed by atoms with Crippen LogP contribution in [0.5, 0.6) is 11.5 Å². The minimum absolute atomic E-state index is 0.0452. The molecule has 1 heterocycles. The molecule has 0 saturated carbocycles. The maximum absolute atomic E-state index is 12.9. The first-order chi connectivity index (χ1) is 14.8. The van der Waals surface area contributed by atoms with Gasteiger partial charge in [-0.2, -0.15) is 0 Å². The van der Waals surface area contributed by atoms with Gasteiger partial charge in [0.2, 0.25) is 5.91 Å². The van der Waals surface area contributed by atoms with E-state index in [-0.39, 0.29) is 22.8 Å². The molecule has 158 valence electrons. The number of aromatic nitrogens is 1. The van der Waals surface area contributed by atoms with E-state index in [2.05, 4.69) is 15.6 Å². The van der Waals surface area contributed by atoms with Gasteiger partial charge >= 0.3 is 6.03 Å². The SMILES string of the molecule is NC(=O)c1cc(Oc2ccc(NC(=O)NC(=O)Cc3ccc(F)cc3)c(Cl)c2)ccn1. The van der Waals surface area contributed by atoms with Gasteiger partial charge in [-0.3, -0.25) is 19.9 Å². The number of ether oxygens (including phenoxy) is 1. The molecular formula is C21H16ClFN4O4. The Morgan fingerprint density at radius 2 is 1.74 bits per heavy atom. The maximum Gasteiger partial charge on any atom is 0.325 e. The average Bonchev–Trinajstić information content (AvgIpc) is 2.72. The number of carbonyl (C=O) groups excluding carboxylic acids is 3. The van der Waals surface area contributed by atoms with Gasteiger partial charge in [0, 0.05) is 18.3 Å². The fourth-order valence-electron chi connectivity index (χ4n) is 2.52. The lowest BCUT2D eigenvalue weighted by Crippen LogP contribution is -2.35. The summed E-state index contributed by atoms with van der Waals surface area (Å²) in [5, 5.41) is 4.78. The number of hydrogen-bond donors (Lipinski definition) is 3. The molecule has 0 aliphatic carbocycles. The first kappa shape index (κ1) is 21.7. The molecule has 8 nitrogen and oxygen atoms in total. The summed E-state index contributed by atoms with van der Waals surface area (Å²) in [6.07, 6.45) is 1.29. The van der Waals surface area contributed by atoms with Gasteiger partial charge < -0.3 is 15.8 Å². The molecule has 0 aliphatic heterocycles. The standard InChI is InChI=1S/C21H16ClFN4O4/c22-16-10-14(31-15-7-8-25-18(11-15)20(24)29)5-6-17(16)26-21(30)27-19(28)9-12-1-3-13(23)4-2-12/h1-8,10-11H,9H2,(H2,24,29)(H2,26,27,28,30). The summed E-state index contributed by atoms with van der Waals surface area (Å²) in [5.41, 5.74) is 6.03. The third-order valence-corrected chi connectivity index (χ3v) is 4.25. The van der Waals surface area contributed by atoms with Gasteiger partial charge in [0.25, 0.3) is 5.91 Å². The van der Waals surface area contributed by atoms with E-state index in [1.54, 1.807) is 0 Å². The minimum Gasteiger partial charge on any atom is -0.457 e. The van der Waals surface area contributed by atoms with Crippen LogP contribution in [0.4, 0.5) is 14.9 Å². The van der Waals surface area contributed by atoms with Gasteiger partial charge in [-0.05, 0) is 35.9 Å². The van der Waals surface area contributed by atoms with E-state index in [0.717, 1.165) is 0 Å². The van der Waals surface area contributed by atoms with Crippen molar-refractivity contribution in [3.8, 4) is 11.5 Å². The molecule has 1 aromatic heterocycles. The Hall–Kier alpha value is -3.98. The molecule has 0 saturated heterocycles. The first-order valence-corrected chi connectivity index (χ1v) is 9.26. The lowest BCUT2D eigenvalue weighted by molar-refractivity contribution is -0.119. The number of hydrogen-bond acceptors (Lipinski definition) is 5. The second kappa shape index (κ2) is 9.68.